The Hall–Kier alpha value is -1.56. The fourth-order valence-corrected chi connectivity index (χ4v) is 5.43. The molecular formula is C19H29N3O2S. The molecule has 0 atom stereocenters. The molecule has 1 saturated heterocycles. The van der Waals surface area contributed by atoms with Gasteiger partial charge in [0.15, 0.2) is 5.96 Å². The lowest BCUT2D eigenvalue weighted by atomic mass is 9.87. The van der Waals surface area contributed by atoms with Gasteiger partial charge in [0.1, 0.15) is 11.5 Å². The number of benzene rings is 1. The van der Waals surface area contributed by atoms with Crippen molar-refractivity contribution in [3.05, 3.63) is 23.8 Å². The van der Waals surface area contributed by atoms with E-state index in [4.69, 9.17) is 4.74 Å². The fourth-order valence-electron chi connectivity index (χ4n) is 3.86. The fraction of sp³-hybridized carbons (Fsp3) is 0.632. The van der Waals surface area contributed by atoms with Gasteiger partial charge >= 0.3 is 0 Å². The van der Waals surface area contributed by atoms with Gasteiger partial charge < -0.3 is 20.1 Å². The van der Waals surface area contributed by atoms with Crippen molar-refractivity contribution in [1.82, 2.24) is 10.2 Å². The van der Waals surface area contributed by atoms with Crippen molar-refractivity contribution in [2.24, 2.45) is 4.99 Å². The molecule has 2 N–H and O–H groups in total. The highest BCUT2D eigenvalue weighted by molar-refractivity contribution is 8.00. The zero-order valence-corrected chi connectivity index (χ0v) is 16.1. The number of hydrogen-bond donors (Lipinski definition) is 2. The highest BCUT2D eigenvalue weighted by Crippen LogP contribution is 2.42. The van der Waals surface area contributed by atoms with Gasteiger partial charge in [-0.3, -0.25) is 4.99 Å². The van der Waals surface area contributed by atoms with Crippen LogP contribution in [0.4, 0.5) is 0 Å². The van der Waals surface area contributed by atoms with E-state index < -0.39 is 0 Å². The maximum Gasteiger partial charge on any atom is 0.193 e. The first-order chi connectivity index (χ1) is 12.2. The zero-order chi connectivity index (χ0) is 17.7. The van der Waals surface area contributed by atoms with Crippen LogP contribution in [0.3, 0.4) is 0 Å². The van der Waals surface area contributed by atoms with E-state index in [1.165, 1.54) is 32.1 Å². The van der Waals surface area contributed by atoms with Crippen LogP contribution in [0.5, 0.6) is 11.5 Å². The summed E-state index contributed by atoms with van der Waals surface area (Å²) < 4.78 is 5.66. The topological polar surface area (TPSA) is 57.1 Å². The predicted octanol–water partition coefficient (Wildman–Crippen LogP) is 3.23. The molecule has 1 heterocycles. The quantitative estimate of drug-likeness (QED) is 0.638. The number of rotatable bonds is 3. The van der Waals surface area contributed by atoms with Gasteiger partial charge in [-0.1, -0.05) is 19.3 Å². The van der Waals surface area contributed by atoms with Gasteiger partial charge in [-0.15, -0.1) is 0 Å². The highest BCUT2D eigenvalue weighted by atomic mass is 32.2. The molecule has 25 heavy (non-hydrogen) atoms. The number of thioether (sulfide) groups is 1. The number of ether oxygens (including phenoxy) is 1. The number of hydrogen-bond acceptors (Lipinski definition) is 4. The van der Waals surface area contributed by atoms with Crippen LogP contribution in [-0.2, 0) is 6.54 Å². The first kappa shape index (κ1) is 18.2. The van der Waals surface area contributed by atoms with Crippen LogP contribution in [0.2, 0.25) is 0 Å². The molecule has 3 rings (SSSR count). The van der Waals surface area contributed by atoms with Crippen LogP contribution >= 0.6 is 11.8 Å². The smallest absolute Gasteiger partial charge is 0.193 e. The molecule has 2 fully saturated rings. The molecule has 0 radical (unpaired) electrons. The van der Waals surface area contributed by atoms with Crippen molar-refractivity contribution in [1.29, 1.82) is 0 Å². The Morgan fingerprint density at radius 1 is 1.36 bits per heavy atom. The summed E-state index contributed by atoms with van der Waals surface area (Å²) in [5.74, 6) is 3.11. The summed E-state index contributed by atoms with van der Waals surface area (Å²) in [5, 5.41) is 13.5. The van der Waals surface area contributed by atoms with E-state index in [0.717, 1.165) is 36.1 Å². The molecular weight excluding hydrogens is 334 g/mol. The Balaban J connectivity index is 1.64. The number of phenols is 1. The molecule has 1 aliphatic heterocycles. The molecule has 1 spiro atoms. The summed E-state index contributed by atoms with van der Waals surface area (Å²) >= 11 is 2.16. The lowest BCUT2D eigenvalue weighted by molar-refractivity contribution is 0.293. The van der Waals surface area contributed by atoms with Gasteiger partial charge in [-0.2, -0.15) is 11.8 Å². The first-order valence-corrected chi connectivity index (χ1v) is 10.1. The summed E-state index contributed by atoms with van der Waals surface area (Å²) in [6.45, 7) is 2.63. The van der Waals surface area contributed by atoms with E-state index in [-0.39, 0.29) is 5.75 Å². The SMILES string of the molecule is CN=C(NCc1cc(OC)ccc1O)N1CCSC2(CCCCC2)C1. The predicted molar refractivity (Wildman–Crippen MR) is 105 cm³/mol. The Kier molecular flexibility index (Phi) is 5.99. The summed E-state index contributed by atoms with van der Waals surface area (Å²) in [4.78, 5) is 6.87. The normalized spacial score (nSPS) is 20.6. The number of guanidine groups is 1. The molecule has 5 nitrogen and oxygen atoms in total. The van der Waals surface area contributed by atoms with E-state index in [9.17, 15) is 5.11 Å². The summed E-state index contributed by atoms with van der Waals surface area (Å²) in [5.41, 5.74) is 0.819. The van der Waals surface area contributed by atoms with E-state index in [2.05, 4.69) is 27.0 Å². The molecule has 0 bridgehead atoms. The van der Waals surface area contributed by atoms with Gasteiger partial charge in [-0.25, -0.2) is 0 Å². The summed E-state index contributed by atoms with van der Waals surface area (Å²) in [7, 11) is 3.47. The van der Waals surface area contributed by atoms with Gasteiger partial charge in [0.05, 0.1) is 7.11 Å². The number of nitrogens with one attached hydrogen (secondary N) is 1. The van der Waals surface area contributed by atoms with Crippen LogP contribution in [0, 0.1) is 0 Å². The number of aromatic hydroxyl groups is 1. The minimum atomic E-state index is 0.279. The number of methoxy groups -OCH3 is 1. The minimum Gasteiger partial charge on any atom is -0.508 e. The molecule has 1 aromatic rings. The van der Waals surface area contributed by atoms with Crippen molar-refractivity contribution in [3.63, 3.8) is 0 Å². The van der Waals surface area contributed by atoms with E-state index in [0.29, 0.717) is 11.3 Å². The summed E-state index contributed by atoms with van der Waals surface area (Å²) in [6.07, 6.45) is 6.73. The molecule has 0 aromatic heterocycles. The van der Waals surface area contributed by atoms with E-state index >= 15 is 0 Å². The molecule has 0 unspecified atom stereocenters. The first-order valence-electron chi connectivity index (χ1n) is 9.11. The third kappa shape index (κ3) is 4.35. The van der Waals surface area contributed by atoms with Crippen molar-refractivity contribution in [3.8, 4) is 11.5 Å². The van der Waals surface area contributed by atoms with Crippen molar-refractivity contribution in [2.45, 2.75) is 43.4 Å². The van der Waals surface area contributed by atoms with Crippen molar-refractivity contribution >= 4 is 17.7 Å². The summed E-state index contributed by atoms with van der Waals surface area (Å²) in [6, 6.07) is 5.31. The Morgan fingerprint density at radius 2 is 2.16 bits per heavy atom. The maximum atomic E-state index is 10.1. The lowest BCUT2D eigenvalue weighted by Crippen LogP contribution is -2.53. The number of phenolic OH excluding ortho intramolecular Hbond substituents is 1. The highest BCUT2D eigenvalue weighted by Gasteiger charge is 2.38. The van der Waals surface area contributed by atoms with Crippen LogP contribution < -0.4 is 10.1 Å². The second-order valence-corrected chi connectivity index (χ2v) is 8.47. The minimum absolute atomic E-state index is 0.279. The number of nitrogens with zero attached hydrogens (tertiary/aromatic N) is 2. The largest absolute Gasteiger partial charge is 0.508 e. The third-order valence-electron chi connectivity index (χ3n) is 5.25. The van der Waals surface area contributed by atoms with Gasteiger partial charge in [0.2, 0.25) is 0 Å². The second kappa shape index (κ2) is 8.21. The molecule has 1 aliphatic carbocycles. The lowest BCUT2D eigenvalue weighted by Gasteiger charge is -2.45. The van der Waals surface area contributed by atoms with Crippen molar-refractivity contribution < 1.29 is 9.84 Å². The Morgan fingerprint density at radius 3 is 2.88 bits per heavy atom. The average molecular weight is 364 g/mol. The Bertz CT molecular complexity index is 609. The van der Waals surface area contributed by atoms with Gasteiger partial charge in [0, 0.05) is 42.7 Å². The van der Waals surface area contributed by atoms with E-state index in [1.54, 1.807) is 19.2 Å². The average Bonchev–Trinajstić information content (AvgIpc) is 2.64. The standard InChI is InChI=1S/C19H29N3O2S/c1-20-18(21-13-15-12-16(24-2)6-7-17(15)23)22-10-11-25-19(14-22)8-4-3-5-9-19/h6-7,12,23H,3-5,8-11,13-14H2,1-2H3,(H,20,21). The molecule has 0 amide bonds. The molecule has 6 heteroatoms. The second-order valence-electron chi connectivity index (χ2n) is 6.91. The third-order valence-corrected chi connectivity index (χ3v) is 6.78. The zero-order valence-electron chi connectivity index (χ0n) is 15.3. The molecule has 1 saturated carbocycles. The molecule has 2 aliphatic rings. The maximum absolute atomic E-state index is 10.1. The van der Waals surface area contributed by atoms with Crippen molar-refractivity contribution in [2.75, 3.05) is 33.0 Å². The Labute approximate surface area is 154 Å². The van der Waals surface area contributed by atoms with Crippen LogP contribution in [0.1, 0.15) is 37.7 Å². The van der Waals surface area contributed by atoms with Gasteiger partial charge in [0.25, 0.3) is 0 Å². The van der Waals surface area contributed by atoms with Gasteiger partial charge in [-0.05, 0) is 31.0 Å². The van der Waals surface area contributed by atoms with Crippen LogP contribution in [0.15, 0.2) is 23.2 Å². The van der Waals surface area contributed by atoms with Crippen LogP contribution in [0.25, 0.3) is 0 Å². The van der Waals surface area contributed by atoms with E-state index in [1.807, 2.05) is 13.1 Å². The molecule has 138 valence electrons. The monoisotopic (exact) mass is 363 g/mol. The van der Waals surface area contributed by atoms with Crippen LogP contribution in [-0.4, -0.2) is 53.7 Å². The molecule has 1 aromatic carbocycles. The number of aliphatic imine (C=N–C) groups is 1.